The predicted molar refractivity (Wildman–Crippen MR) is 114 cm³/mol. The highest BCUT2D eigenvalue weighted by atomic mass is 16.5. The molecule has 3 rings (SSSR count). The quantitative estimate of drug-likeness (QED) is 0.763. The molecule has 0 heterocycles. The molecule has 0 bridgehead atoms. The zero-order valence-electron chi connectivity index (χ0n) is 17.5. The SMILES string of the molecule is CCc1cccc(OC)c1C(=O)NC(c1ccccc1)C1(N(C)C)CCCC1. The highest BCUT2D eigenvalue weighted by molar-refractivity contribution is 5.98. The van der Waals surface area contributed by atoms with Crippen LogP contribution < -0.4 is 10.1 Å². The number of hydrogen-bond acceptors (Lipinski definition) is 3. The van der Waals surface area contributed by atoms with E-state index in [9.17, 15) is 4.79 Å². The lowest BCUT2D eigenvalue weighted by Crippen LogP contribution is -2.53. The van der Waals surface area contributed by atoms with E-state index in [2.05, 4.69) is 43.4 Å². The largest absolute Gasteiger partial charge is 0.496 e. The van der Waals surface area contributed by atoms with Crippen LogP contribution in [-0.2, 0) is 6.42 Å². The van der Waals surface area contributed by atoms with Crippen LogP contribution in [0.1, 0.15) is 60.1 Å². The Morgan fingerprint density at radius 3 is 2.36 bits per heavy atom. The van der Waals surface area contributed by atoms with Gasteiger partial charge in [0.05, 0.1) is 18.7 Å². The van der Waals surface area contributed by atoms with E-state index in [0.717, 1.165) is 30.4 Å². The van der Waals surface area contributed by atoms with Gasteiger partial charge in [-0.2, -0.15) is 0 Å². The van der Waals surface area contributed by atoms with Crippen LogP contribution in [0.15, 0.2) is 48.5 Å². The van der Waals surface area contributed by atoms with Gasteiger partial charge in [-0.15, -0.1) is 0 Å². The minimum absolute atomic E-state index is 0.0590. The molecule has 1 unspecified atom stereocenters. The first kappa shape index (κ1) is 20.4. The van der Waals surface area contributed by atoms with E-state index in [1.165, 1.54) is 12.8 Å². The summed E-state index contributed by atoms with van der Waals surface area (Å²) in [5.41, 5.74) is 2.74. The van der Waals surface area contributed by atoms with Crippen molar-refractivity contribution in [2.45, 2.75) is 50.6 Å². The molecule has 0 aromatic heterocycles. The van der Waals surface area contributed by atoms with Crippen LogP contribution in [0.5, 0.6) is 5.75 Å². The maximum Gasteiger partial charge on any atom is 0.255 e. The lowest BCUT2D eigenvalue weighted by molar-refractivity contribution is 0.0763. The van der Waals surface area contributed by atoms with Gasteiger partial charge in [-0.25, -0.2) is 0 Å². The summed E-state index contributed by atoms with van der Waals surface area (Å²) >= 11 is 0. The second-order valence-corrected chi connectivity index (χ2v) is 7.87. The second kappa shape index (κ2) is 8.78. The molecule has 1 saturated carbocycles. The van der Waals surface area contributed by atoms with Gasteiger partial charge >= 0.3 is 0 Å². The van der Waals surface area contributed by atoms with Gasteiger partial charge in [0.15, 0.2) is 0 Å². The fourth-order valence-electron chi connectivity index (χ4n) is 4.66. The molecule has 1 N–H and O–H groups in total. The molecule has 4 nitrogen and oxygen atoms in total. The van der Waals surface area contributed by atoms with Gasteiger partial charge in [0.2, 0.25) is 0 Å². The summed E-state index contributed by atoms with van der Waals surface area (Å²) in [6.45, 7) is 2.07. The van der Waals surface area contributed by atoms with Gasteiger partial charge in [-0.3, -0.25) is 4.79 Å². The lowest BCUT2D eigenvalue weighted by Gasteiger charge is -2.44. The average molecular weight is 381 g/mol. The summed E-state index contributed by atoms with van der Waals surface area (Å²) in [5.74, 6) is 0.574. The Morgan fingerprint density at radius 1 is 1.11 bits per heavy atom. The first-order chi connectivity index (χ1) is 13.5. The summed E-state index contributed by atoms with van der Waals surface area (Å²) in [5, 5.41) is 3.40. The van der Waals surface area contributed by atoms with Gasteiger partial charge < -0.3 is 15.0 Å². The number of likely N-dealkylation sites (N-methyl/N-ethyl adjacent to an activating group) is 1. The lowest BCUT2D eigenvalue weighted by atomic mass is 9.82. The Hall–Kier alpha value is -2.33. The van der Waals surface area contributed by atoms with Crippen molar-refractivity contribution in [2.75, 3.05) is 21.2 Å². The highest BCUT2D eigenvalue weighted by Crippen LogP contribution is 2.43. The summed E-state index contributed by atoms with van der Waals surface area (Å²) in [4.78, 5) is 15.8. The third kappa shape index (κ3) is 3.79. The number of carbonyl (C=O) groups excluding carboxylic acids is 1. The number of nitrogens with one attached hydrogen (secondary N) is 1. The minimum atomic E-state index is -0.0780. The number of amides is 1. The van der Waals surface area contributed by atoms with E-state index in [-0.39, 0.29) is 17.5 Å². The van der Waals surface area contributed by atoms with Crippen molar-refractivity contribution in [3.63, 3.8) is 0 Å². The molecule has 1 atom stereocenters. The van der Waals surface area contributed by atoms with Gasteiger partial charge in [0.25, 0.3) is 5.91 Å². The zero-order valence-corrected chi connectivity index (χ0v) is 17.5. The molecular formula is C24H32N2O2. The highest BCUT2D eigenvalue weighted by Gasteiger charge is 2.45. The zero-order chi connectivity index (χ0) is 20.1. The topological polar surface area (TPSA) is 41.6 Å². The van der Waals surface area contributed by atoms with Crippen LogP contribution in [0.25, 0.3) is 0 Å². The van der Waals surface area contributed by atoms with Gasteiger partial charge in [-0.05, 0) is 50.6 Å². The van der Waals surface area contributed by atoms with E-state index < -0.39 is 0 Å². The molecule has 28 heavy (non-hydrogen) atoms. The van der Waals surface area contributed by atoms with Crippen molar-refractivity contribution >= 4 is 5.91 Å². The Morgan fingerprint density at radius 2 is 1.79 bits per heavy atom. The number of hydrogen-bond donors (Lipinski definition) is 1. The Labute approximate surface area is 168 Å². The van der Waals surface area contributed by atoms with Crippen LogP contribution in [0.4, 0.5) is 0 Å². The summed E-state index contributed by atoms with van der Waals surface area (Å²) in [6, 6.07) is 16.1. The normalized spacial score (nSPS) is 16.8. The van der Waals surface area contributed by atoms with Crippen LogP contribution in [0.3, 0.4) is 0 Å². The third-order valence-corrected chi connectivity index (χ3v) is 6.25. The summed E-state index contributed by atoms with van der Waals surface area (Å²) in [7, 11) is 5.89. The van der Waals surface area contributed by atoms with Crippen LogP contribution in [-0.4, -0.2) is 37.6 Å². The predicted octanol–water partition coefficient (Wildman–Crippen LogP) is 4.60. The van der Waals surface area contributed by atoms with E-state index in [4.69, 9.17) is 4.74 Å². The number of carbonyl (C=O) groups is 1. The van der Waals surface area contributed by atoms with Crippen molar-refractivity contribution in [1.82, 2.24) is 10.2 Å². The van der Waals surface area contributed by atoms with E-state index >= 15 is 0 Å². The minimum Gasteiger partial charge on any atom is -0.496 e. The Balaban J connectivity index is 2.03. The fraction of sp³-hybridized carbons (Fsp3) is 0.458. The molecule has 0 saturated heterocycles. The first-order valence-electron chi connectivity index (χ1n) is 10.2. The molecule has 0 spiro atoms. The molecule has 1 amide bonds. The molecule has 4 heteroatoms. The van der Waals surface area contributed by atoms with Crippen molar-refractivity contribution in [3.05, 3.63) is 65.2 Å². The molecule has 1 aliphatic carbocycles. The van der Waals surface area contributed by atoms with Crippen molar-refractivity contribution in [1.29, 1.82) is 0 Å². The molecule has 0 radical (unpaired) electrons. The smallest absolute Gasteiger partial charge is 0.255 e. The number of nitrogens with zero attached hydrogens (tertiary/aromatic N) is 1. The second-order valence-electron chi connectivity index (χ2n) is 7.87. The Kier molecular flexibility index (Phi) is 6.40. The number of methoxy groups -OCH3 is 1. The summed E-state index contributed by atoms with van der Waals surface area (Å²) < 4.78 is 5.52. The van der Waals surface area contributed by atoms with E-state index in [1.54, 1.807) is 7.11 Å². The van der Waals surface area contributed by atoms with Crippen LogP contribution in [0.2, 0.25) is 0 Å². The van der Waals surface area contributed by atoms with Crippen molar-refractivity contribution in [3.8, 4) is 5.75 Å². The maximum absolute atomic E-state index is 13.5. The van der Waals surface area contributed by atoms with Crippen molar-refractivity contribution < 1.29 is 9.53 Å². The van der Waals surface area contributed by atoms with Gasteiger partial charge in [0.1, 0.15) is 5.75 Å². The molecule has 2 aromatic rings. The number of rotatable bonds is 7. The summed E-state index contributed by atoms with van der Waals surface area (Å²) in [6.07, 6.45) is 5.31. The van der Waals surface area contributed by atoms with Crippen molar-refractivity contribution in [2.24, 2.45) is 0 Å². The molecular weight excluding hydrogens is 348 g/mol. The van der Waals surface area contributed by atoms with E-state index in [0.29, 0.717) is 11.3 Å². The molecule has 0 aliphatic heterocycles. The molecule has 150 valence electrons. The molecule has 1 fully saturated rings. The third-order valence-electron chi connectivity index (χ3n) is 6.25. The Bertz CT molecular complexity index is 773. The van der Waals surface area contributed by atoms with Crippen LogP contribution >= 0.6 is 0 Å². The maximum atomic E-state index is 13.5. The van der Waals surface area contributed by atoms with Gasteiger partial charge in [0, 0.05) is 5.54 Å². The fourth-order valence-corrected chi connectivity index (χ4v) is 4.66. The molecule has 1 aliphatic rings. The number of ether oxygens (including phenoxy) is 1. The van der Waals surface area contributed by atoms with Crippen LogP contribution in [0, 0.1) is 0 Å². The average Bonchev–Trinajstić information content (AvgIpc) is 3.23. The standard InChI is InChI=1S/C24H32N2O2/c1-5-18-14-11-15-20(28-4)21(18)23(27)25-22(19-12-7-6-8-13-19)24(26(2)3)16-9-10-17-24/h6-8,11-15,22H,5,9-10,16-17H2,1-4H3,(H,25,27). The number of benzene rings is 2. The number of aryl methyl sites for hydroxylation is 1. The molecule has 2 aromatic carbocycles. The monoisotopic (exact) mass is 380 g/mol. The first-order valence-corrected chi connectivity index (χ1v) is 10.2. The van der Waals surface area contributed by atoms with E-state index in [1.807, 2.05) is 36.4 Å². The van der Waals surface area contributed by atoms with Gasteiger partial charge in [-0.1, -0.05) is 62.2 Å².